The van der Waals surface area contributed by atoms with Crippen LogP contribution in [0.4, 0.5) is 5.95 Å². The van der Waals surface area contributed by atoms with Crippen LogP contribution in [0.2, 0.25) is 0 Å². The highest BCUT2D eigenvalue weighted by Crippen LogP contribution is 2.12. The molecule has 24 heavy (non-hydrogen) atoms. The monoisotopic (exact) mass is 317 g/mol. The maximum atomic E-state index is 12.0. The molecule has 0 aliphatic carbocycles. The smallest absolute Gasteiger partial charge is 0.260 e. The summed E-state index contributed by atoms with van der Waals surface area (Å²) in [6, 6.07) is 15.4. The highest BCUT2D eigenvalue weighted by molar-refractivity contribution is 5.78. The van der Waals surface area contributed by atoms with E-state index in [0.717, 1.165) is 11.3 Å². The summed E-state index contributed by atoms with van der Waals surface area (Å²) in [5.41, 5.74) is 2.68. The van der Waals surface area contributed by atoms with E-state index in [1.165, 1.54) is 0 Å². The van der Waals surface area contributed by atoms with E-state index in [4.69, 9.17) is 0 Å². The Balaban J connectivity index is 1.51. The van der Waals surface area contributed by atoms with Gasteiger partial charge in [0.15, 0.2) is 0 Å². The first-order chi connectivity index (χ1) is 11.8. The lowest BCUT2D eigenvalue weighted by molar-refractivity contribution is 1.03. The third-order valence-electron chi connectivity index (χ3n) is 3.81. The molecule has 4 aromatic rings. The van der Waals surface area contributed by atoms with Gasteiger partial charge in [-0.15, -0.1) is 0 Å². The van der Waals surface area contributed by atoms with Gasteiger partial charge in [0.05, 0.1) is 17.2 Å². The highest BCUT2D eigenvalue weighted by atomic mass is 16.1. The van der Waals surface area contributed by atoms with Gasteiger partial charge in [-0.25, -0.2) is 9.97 Å². The zero-order valence-corrected chi connectivity index (χ0v) is 12.8. The molecule has 2 aromatic heterocycles. The molecule has 0 bridgehead atoms. The van der Waals surface area contributed by atoms with E-state index in [1.54, 1.807) is 18.6 Å². The van der Waals surface area contributed by atoms with Gasteiger partial charge in [-0.2, -0.15) is 0 Å². The summed E-state index contributed by atoms with van der Waals surface area (Å²) in [5.74, 6) is 0.470. The highest BCUT2D eigenvalue weighted by Gasteiger charge is 2.03. The van der Waals surface area contributed by atoms with Crippen molar-refractivity contribution in [3.05, 3.63) is 83.2 Å². The molecule has 0 atom stereocenters. The number of H-pyrrole nitrogens is 1. The number of fused-ring (bicyclic) bond motifs is 1. The Labute approximate surface area is 137 Å². The van der Waals surface area contributed by atoms with E-state index in [0.29, 0.717) is 23.4 Å². The number of hydrogen-bond donors (Lipinski definition) is 2. The first kappa shape index (κ1) is 14.2. The molecule has 6 nitrogen and oxygen atoms in total. The molecular weight excluding hydrogens is 302 g/mol. The molecular formula is C18H15N5O. The molecule has 0 spiro atoms. The Morgan fingerprint density at radius 3 is 2.71 bits per heavy atom. The minimum absolute atomic E-state index is 0.140. The molecule has 0 radical (unpaired) electrons. The van der Waals surface area contributed by atoms with E-state index in [9.17, 15) is 4.79 Å². The van der Waals surface area contributed by atoms with Crippen molar-refractivity contribution in [2.24, 2.45) is 0 Å². The van der Waals surface area contributed by atoms with Crippen LogP contribution in [0.3, 0.4) is 0 Å². The molecule has 0 amide bonds. The maximum absolute atomic E-state index is 12.0. The van der Waals surface area contributed by atoms with Crippen molar-refractivity contribution in [3.8, 4) is 5.69 Å². The molecule has 2 heterocycles. The Morgan fingerprint density at radius 1 is 1.08 bits per heavy atom. The summed E-state index contributed by atoms with van der Waals surface area (Å²) < 4.78 is 1.94. The van der Waals surface area contributed by atoms with Gasteiger partial charge >= 0.3 is 0 Å². The first-order valence-corrected chi connectivity index (χ1v) is 7.60. The van der Waals surface area contributed by atoms with Gasteiger partial charge in [0, 0.05) is 24.6 Å². The van der Waals surface area contributed by atoms with Gasteiger partial charge in [0.2, 0.25) is 5.95 Å². The summed E-state index contributed by atoms with van der Waals surface area (Å²) >= 11 is 0. The Kier molecular flexibility index (Phi) is 3.55. The van der Waals surface area contributed by atoms with E-state index in [1.807, 2.05) is 53.2 Å². The number of rotatable bonds is 4. The number of aromatic nitrogens is 4. The fourth-order valence-electron chi connectivity index (χ4n) is 2.55. The van der Waals surface area contributed by atoms with Gasteiger partial charge < -0.3 is 9.88 Å². The van der Waals surface area contributed by atoms with E-state index in [2.05, 4.69) is 20.3 Å². The quantitative estimate of drug-likeness (QED) is 0.607. The minimum Gasteiger partial charge on any atom is -0.352 e. The average molecular weight is 317 g/mol. The third-order valence-corrected chi connectivity index (χ3v) is 3.81. The van der Waals surface area contributed by atoms with Crippen molar-refractivity contribution in [2.45, 2.75) is 6.54 Å². The molecule has 6 heteroatoms. The number of para-hydroxylation sites is 1. The molecule has 0 saturated carbocycles. The number of benzene rings is 2. The second-order valence-corrected chi connectivity index (χ2v) is 5.42. The van der Waals surface area contributed by atoms with E-state index < -0.39 is 0 Å². The van der Waals surface area contributed by atoms with Crippen LogP contribution in [-0.4, -0.2) is 19.5 Å². The van der Waals surface area contributed by atoms with Crippen LogP contribution in [-0.2, 0) is 6.54 Å². The Morgan fingerprint density at radius 2 is 1.92 bits per heavy atom. The van der Waals surface area contributed by atoms with Crippen molar-refractivity contribution in [1.82, 2.24) is 19.5 Å². The number of aromatic amines is 1. The van der Waals surface area contributed by atoms with E-state index >= 15 is 0 Å². The zero-order chi connectivity index (χ0) is 16.4. The van der Waals surface area contributed by atoms with Gasteiger partial charge in [0.25, 0.3) is 5.56 Å². The van der Waals surface area contributed by atoms with Gasteiger partial charge in [-0.05, 0) is 29.8 Å². The Hall–Kier alpha value is -3.41. The molecule has 0 unspecified atom stereocenters. The van der Waals surface area contributed by atoms with Crippen LogP contribution in [0.5, 0.6) is 0 Å². The van der Waals surface area contributed by atoms with Crippen molar-refractivity contribution in [1.29, 1.82) is 0 Å². The SMILES string of the molecule is O=c1[nH]c(NCc2ccc(-n3ccnc3)cc2)nc2ccccc12. The van der Waals surface area contributed by atoms with Crippen molar-refractivity contribution in [2.75, 3.05) is 5.32 Å². The van der Waals surface area contributed by atoms with Crippen LogP contribution in [0.15, 0.2) is 72.0 Å². The molecule has 2 aromatic carbocycles. The van der Waals surface area contributed by atoms with Crippen LogP contribution in [0, 0.1) is 0 Å². The predicted molar refractivity (Wildman–Crippen MR) is 93.3 cm³/mol. The number of imidazole rings is 1. The summed E-state index contributed by atoms with van der Waals surface area (Å²) in [5, 5.41) is 3.75. The zero-order valence-electron chi connectivity index (χ0n) is 12.8. The summed E-state index contributed by atoms with van der Waals surface area (Å²) in [7, 11) is 0. The number of nitrogens with one attached hydrogen (secondary N) is 2. The molecule has 0 aliphatic rings. The normalized spacial score (nSPS) is 10.8. The molecule has 0 saturated heterocycles. The number of hydrogen-bond acceptors (Lipinski definition) is 4. The topological polar surface area (TPSA) is 75.6 Å². The standard InChI is InChI=1S/C18H15N5O/c24-17-15-3-1-2-4-16(15)21-18(22-17)20-11-13-5-7-14(8-6-13)23-10-9-19-12-23/h1-10,12H,11H2,(H2,20,21,22,24). The van der Waals surface area contributed by atoms with Gasteiger partial charge in [-0.1, -0.05) is 24.3 Å². The first-order valence-electron chi connectivity index (χ1n) is 7.60. The molecule has 0 aliphatic heterocycles. The minimum atomic E-state index is -0.140. The largest absolute Gasteiger partial charge is 0.352 e. The second-order valence-electron chi connectivity index (χ2n) is 5.42. The molecule has 0 fully saturated rings. The lowest BCUT2D eigenvalue weighted by Crippen LogP contribution is -2.13. The average Bonchev–Trinajstić information content (AvgIpc) is 3.15. The van der Waals surface area contributed by atoms with E-state index in [-0.39, 0.29) is 5.56 Å². The summed E-state index contributed by atoms with van der Waals surface area (Å²) in [4.78, 5) is 23.3. The number of anilines is 1. The van der Waals surface area contributed by atoms with Crippen LogP contribution in [0.25, 0.3) is 16.6 Å². The lowest BCUT2D eigenvalue weighted by atomic mass is 10.2. The van der Waals surface area contributed by atoms with Crippen molar-refractivity contribution >= 4 is 16.9 Å². The summed E-state index contributed by atoms with van der Waals surface area (Å²) in [6.45, 7) is 0.575. The summed E-state index contributed by atoms with van der Waals surface area (Å²) in [6.07, 6.45) is 5.41. The van der Waals surface area contributed by atoms with Crippen LogP contribution >= 0.6 is 0 Å². The second kappa shape index (κ2) is 6.00. The Bertz CT molecular complexity index is 1020. The molecule has 118 valence electrons. The van der Waals surface area contributed by atoms with Gasteiger partial charge in [0.1, 0.15) is 0 Å². The maximum Gasteiger partial charge on any atom is 0.260 e. The fraction of sp³-hybridized carbons (Fsp3) is 0.0556. The van der Waals surface area contributed by atoms with Gasteiger partial charge in [-0.3, -0.25) is 9.78 Å². The molecule has 4 rings (SSSR count). The molecule has 2 N–H and O–H groups in total. The van der Waals surface area contributed by atoms with Crippen LogP contribution in [0.1, 0.15) is 5.56 Å². The lowest BCUT2D eigenvalue weighted by Gasteiger charge is -2.08. The van der Waals surface area contributed by atoms with Crippen LogP contribution < -0.4 is 10.9 Å². The predicted octanol–water partition coefficient (Wildman–Crippen LogP) is 2.72. The fourth-order valence-corrected chi connectivity index (χ4v) is 2.55. The van der Waals surface area contributed by atoms with Crippen molar-refractivity contribution in [3.63, 3.8) is 0 Å². The number of nitrogens with zero attached hydrogens (tertiary/aromatic N) is 3. The third kappa shape index (κ3) is 2.77. The van der Waals surface area contributed by atoms with Crippen molar-refractivity contribution < 1.29 is 0 Å².